The summed E-state index contributed by atoms with van der Waals surface area (Å²) in [6.45, 7) is 9.25. The molecule has 0 saturated carbocycles. The van der Waals surface area contributed by atoms with Crippen LogP contribution in [-0.2, 0) is 11.3 Å². The Bertz CT molecular complexity index is 1100. The number of fused-ring (bicyclic) bond motifs is 1. The first-order valence-corrected chi connectivity index (χ1v) is 12.6. The number of cyclic esters (lactones) is 1. The van der Waals surface area contributed by atoms with E-state index in [9.17, 15) is 4.79 Å². The molecule has 1 aromatic carbocycles. The molecule has 3 heterocycles. The van der Waals surface area contributed by atoms with Crippen molar-refractivity contribution >= 4 is 30.8 Å². The molecule has 2 aromatic heterocycles. The van der Waals surface area contributed by atoms with Crippen molar-refractivity contribution in [1.29, 1.82) is 0 Å². The van der Waals surface area contributed by atoms with Crippen LogP contribution in [0.15, 0.2) is 28.9 Å². The molecule has 1 aliphatic rings. The third kappa shape index (κ3) is 3.77. The molecule has 1 amide bonds. The molecule has 1 unspecified atom stereocenters. The highest BCUT2D eigenvalue weighted by molar-refractivity contribution is 6.83. The van der Waals surface area contributed by atoms with Crippen molar-refractivity contribution in [1.82, 2.24) is 20.2 Å². The lowest BCUT2D eigenvalue weighted by Crippen LogP contribution is -2.26. The van der Waals surface area contributed by atoms with Crippen LogP contribution < -0.4 is 4.90 Å². The van der Waals surface area contributed by atoms with Crippen LogP contribution in [0.3, 0.4) is 0 Å². The maximum absolute atomic E-state index is 12.3. The quantitative estimate of drug-likeness (QED) is 0.501. The van der Waals surface area contributed by atoms with E-state index in [1.54, 1.807) is 21.8 Å². The minimum atomic E-state index is -1.47. The molecule has 0 N–H and O–H groups in total. The highest BCUT2D eigenvalue weighted by Crippen LogP contribution is 2.27. The van der Waals surface area contributed by atoms with E-state index in [-0.39, 0.29) is 12.2 Å². The number of hydrogen-bond acceptors (Lipinski definition) is 6. The minimum Gasteiger partial charge on any atom is -0.442 e. The van der Waals surface area contributed by atoms with Gasteiger partial charge in [-0.3, -0.25) is 4.90 Å². The van der Waals surface area contributed by atoms with E-state index in [1.807, 2.05) is 19.1 Å². The SMILES string of the molecule is Cc1noc2cc(N3CC(Cn4cc(C#C[Si](C)(C)C)nn4)OC3=O)ccc12. The number of aromatic nitrogens is 4. The van der Waals surface area contributed by atoms with Gasteiger partial charge >= 0.3 is 6.09 Å². The second kappa shape index (κ2) is 6.80. The summed E-state index contributed by atoms with van der Waals surface area (Å²) in [6, 6.07) is 5.58. The summed E-state index contributed by atoms with van der Waals surface area (Å²) in [7, 11) is -1.47. The molecule has 1 aliphatic heterocycles. The number of aryl methyl sites for hydroxylation is 1. The predicted octanol–water partition coefficient (Wildman–Crippen LogP) is 2.98. The van der Waals surface area contributed by atoms with Gasteiger partial charge in [-0.25, -0.2) is 9.48 Å². The highest BCUT2D eigenvalue weighted by atomic mass is 28.3. The number of anilines is 1. The fourth-order valence-electron chi connectivity index (χ4n) is 2.95. The second-order valence-electron chi connectivity index (χ2n) is 7.89. The maximum atomic E-state index is 12.3. The number of rotatable bonds is 3. The Morgan fingerprint density at radius 1 is 1.32 bits per heavy atom. The van der Waals surface area contributed by atoms with Crippen LogP contribution in [0.5, 0.6) is 0 Å². The Labute approximate surface area is 163 Å². The molecule has 28 heavy (non-hydrogen) atoms. The van der Waals surface area contributed by atoms with Crippen LogP contribution >= 0.6 is 0 Å². The number of nitrogens with zero attached hydrogens (tertiary/aromatic N) is 5. The highest BCUT2D eigenvalue weighted by Gasteiger charge is 2.33. The van der Waals surface area contributed by atoms with Crippen LogP contribution in [0.4, 0.5) is 10.5 Å². The third-order valence-corrected chi connectivity index (χ3v) is 5.19. The van der Waals surface area contributed by atoms with Gasteiger partial charge in [0.25, 0.3) is 0 Å². The van der Waals surface area contributed by atoms with Gasteiger partial charge in [0, 0.05) is 11.5 Å². The summed E-state index contributed by atoms with van der Waals surface area (Å²) in [6.07, 6.45) is 1.08. The van der Waals surface area contributed by atoms with Gasteiger partial charge in [0.1, 0.15) is 14.2 Å². The van der Waals surface area contributed by atoms with Crippen LogP contribution in [0.2, 0.25) is 19.6 Å². The summed E-state index contributed by atoms with van der Waals surface area (Å²) in [5, 5.41) is 13.1. The number of benzene rings is 1. The molecule has 3 aromatic rings. The fourth-order valence-corrected chi connectivity index (χ4v) is 3.46. The van der Waals surface area contributed by atoms with Crippen molar-refractivity contribution in [2.45, 2.75) is 39.2 Å². The lowest BCUT2D eigenvalue weighted by atomic mass is 10.2. The standard InChI is InChI=1S/C19H21N5O3Si/c1-13-17-6-5-15(9-18(17)27-21-13)24-12-16(26-19(24)25)11-23-10-14(20-22-23)7-8-28(2,3)4/h5-6,9-10,16H,11-12H2,1-4H3. The van der Waals surface area contributed by atoms with E-state index < -0.39 is 8.07 Å². The Morgan fingerprint density at radius 3 is 2.93 bits per heavy atom. The molecule has 9 heteroatoms. The molecule has 1 atom stereocenters. The lowest BCUT2D eigenvalue weighted by Gasteiger charge is -2.12. The summed E-state index contributed by atoms with van der Waals surface area (Å²) >= 11 is 0. The molecule has 144 valence electrons. The first-order valence-electron chi connectivity index (χ1n) is 9.06. The topological polar surface area (TPSA) is 86.3 Å². The van der Waals surface area contributed by atoms with Crippen molar-refractivity contribution in [3.05, 3.63) is 35.8 Å². The van der Waals surface area contributed by atoms with Gasteiger partial charge < -0.3 is 9.26 Å². The van der Waals surface area contributed by atoms with Crippen LogP contribution in [-0.4, -0.2) is 47.0 Å². The molecule has 0 radical (unpaired) electrons. The van der Waals surface area contributed by atoms with Gasteiger partial charge in [0.05, 0.1) is 30.7 Å². The van der Waals surface area contributed by atoms with Crippen molar-refractivity contribution in [2.75, 3.05) is 11.4 Å². The molecule has 8 nitrogen and oxygen atoms in total. The molecule has 4 rings (SSSR count). The van der Waals surface area contributed by atoms with Gasteiger partial charge in [0.15, 0.2) is 11.3 Å². The smallest absolute Gasteiger partial charge is 0.414 e. The van der Waals surface area contributed by atoms with Crippen molar-refractivity contribution in [2.24, 2.45) is 0 Å². The monoisotopic (exact) mass is 395 g/mol. The average molecular weight is 395 g/mol. The zero-order valence-electron chi connectivity index (χ0n) is 16.3. The largest absolute Gasteiger partial charge is 0.442 e. The summed E-state index contributed by atoms with van der Waals surface area (Å²) in [4.78, 5) is 13.9. The number of carbonyl (C=O) groups excluding carboxylic acids is 1. The van der Waals surface area contributed by atoms with E-state index >= 15 is 0 Å². The first kappa shape index (κ1) is 18.2. The van der Waals surface area contributed by atoms with E-state index in [2.05, 4.69) is 46.6 Å². The lowest BCUT2D eigenvalue weighted by molar-refractivity contribution is 0.129. The van der Waals surface area contributed by atoms with Crippen molar-refractivity contribution in [3.8, 4) is 11.5 Å². The molecular formula is C19H21N5O3Si. The van der Waals surface area contributed by atoms with Crippen LogP contribution in [0.25, 0.3) is 11.0 Å². The van der Waals surface area contributed by atoms with Crippen LogP contribution in [0.1, 0.15) is 11.4 Å². The van der Waals surface area contributed by atoms with Gasteiger partial charge in [0.2, 0.25) is 0 Å². The summed E-state index contributed by atoms with van der Waals surface area (Å²) in [5.41, 5.74) is 6.08. The number of amides is 1. The summed E-state index contributed by atoms with van der Waals surface area (Å²) < 4.78 is 12.5. The number of hydrogen-bond donors (Lipinski definition) is 0. The van der Waals surface area contributed by atoms with Gasteiger partial charge in [-0.2, -0.15) is 0 Å². The zero-order valence-corrected chi connectivity index (χ0v) is 17.3. The van der Waals surface area contributed by atoms with E-state index in [4.69, 9.17) is 9.26 Å². The Morgan fingerprint density at radius 2 is 2.14 bits per heavy atom. The van der Waals surface area contributed by atoms with Gasteiger partial charge in [-0.1, -0.05) is 35.9 Å². The number of ether oxygens (including phenoxy) is 1. The van der Waals surface area contributed by atoms with Gasteiger partial charge in [-0.15, -0.1) is 10.6 Å². The van der Waals surface area contributed by atoms with Crippen molar-refractivity contribution < 1.29 is 14.1 Å². The Kier molecular flexibility index (Phi) is 4.43. The van der Waals surface area contributed by atoms with Crippen molar-refractivity contribution in [3.63, 3.8) is 0 Å². The summed E-state index contributed by atoms with van der Waals surface area (Å²) in [5.74, 6) is 3.08. The average Bonchev–Trinajstić information content (AvgIpc) is 3.32. The molecular weight excluding hydrogens is 374 g/mol. The first-order chi connectivity index (χ1) is 13.3. The Balaban J connectivity index is 1.46. The Hall–Kier alpha value is -3.12. The van der Waals surface area contributed by atoms with E-state index in [1.165, 1.54) is 0 Å². The predicted molar refractivity (Wildman–Crippen MR) is 107 cm³/mol. The minimum absolute atomic E-state index is 0.320. The van der Waals surface area contributed by atoms with E-state index in [0.29, 0.717) is 24.4 Å². The van der Waals surface area contributed by atoms with Gasteiger partial charge in [-0.05, 0) is 19.1 Å². The van der Waals surface area contributed by atoms with Crippen LogP contribution in [0, 0.1) is 18.4 Å². The molecule has 0 spiro atoms. The number of carbonyl (C=O) groups is 1. The molecule has 1 fully saturated rings. The third-order valence-electron chi connectivity index (χ3n) is 4.32. The normalized spacial score (nSPS) is 16.9. The maximum Gasteiger partial charge on any atom is 0.414 e. The second-order valence-corrected chi connectivity index (χ2v) is 12.6. The van der Waals surface area contributed by atoms with E-state index in [0.717, 1.165) is 16.8 Å². The molecule has 0 bridgehead atoms. The molecule has 1 saturated heterocycles. The fraction of sp³-hybridized carbons (Fsp3) is 0.368. The zero-order chi connectivity index (χ0) is 19.9. The molecule has 0 aliphatic carbocycles.